The van der Waals surface area contributed by atoms with Crippen molar-refractivity contribution in [3.8, 4) is 0 Å². The number of carboxylic acids is 1. The molecule has 12 heteroatoms. The Bertz CT molecular complexity index is 658. The average Bonchev–Trinajstić information content (AvgIpc) is 2.73. The van der Waals surface area contributed by atoms with Crippen molar-refractivity contribution in [1.29, 1.82) is 0 Å². The standard InChI is InChI=1S/C20H38N6O6/c1-4-11(2)16(19(30)25-14(20(31)32)8-9-15(23)27)26-17(28)12(3)24-18(29)13(22)7-5-6-10-21/h11-14,16H,4-10,21-22H2,1-3H3,(H2,23,27)(H,24,29)(H,25,30)(H,26,28)(H,31,32). The number of hydrogen-bond donors (Lipinski definition) is 7. The maximum atomic E-state index is 12.7. The van der Waals surface area contributed by atoms with E-state index in [2.05, 4.69) is 16.0 Å². The van der Waals surface area contributed by atoms with Gasteiger partial charge in [-0.1, -0.05) is 26.7 Å². The van der Waals surface area contributed by atoms with Crippen molar-refractivity contribution in [2.75, 3.05) is 6.54 Å². The predicted octanol–water partition coefficient (Wildman–Crippen LogP) is -1.69. The van der Waals surface area contributed by atoms with Gasteiger partial charge in [0.15, 0.2) is 0 Å². The molecule has 0 saturated heterocycles. The van der Waals surface area contributed by atoms with Crippen molar-refractivity contribution >= 4 is 29.6 Å². The first-order valence-electron chi connectivity index (χ1n) is 10.8. The molecule has 0 bridgehead atoms. The van der Waals surface area contributed by atoms with Crippen molar-refractivity contribution in [3.63, 3.8) is 0 Å². The topological polar surface area (TPSA) is 220 Å². The van der Waals surface area contributed by atoms with Gasteiger partial charge in [-0.25, -0.2) is 4.79 Å². The number of carbonyl (C=O) groups is 5. The number of primary amides is 1. The van der Waals surface area contributed by atoms with Crippen molar-refractivity contribution in [2.45, 2.75) is 83.5 Å². The number of amides is 4. The van der Waals surface area contributed by atoms with E-state index in [1.165, 1.54) is 6.92 Å². The number of rotatable bonds is 16. The van der Waals surface area contributed by atoms with Gasteiger partial charge in [0.2, 0.25) is 23.6 Å². The van der Waals surface area contributed by atoms with Crippen molar-refractivity contribution in [2.24, 2.45) is 23.1 Å². The van der Waals surface area contributed by atoms with Crippen LogP contribution in [0, 0.1) is 5.92 Å². The molecule has 0 aromatic carbocycles. The fraction of sp³-hybridized carbons (Fsp3) is 0.750. The molecule has 0 aliphatic carbocycles. The van der Waals surface area contributed by atoms with Crippen LogP contribution in [0.2, 0.25) is 0 Å². The van der Waals surface area contributed by atoms with E-state index in [1.54, 1.807) is 6.92 Å². The molecule has 32 heavy (non-hydrogen) atoms. The van der Waals surface area contributed by atoms with Crippen LogP contribution in [-0.4, -0.2) is 65.4 Å². The minimum absolute atomic E-state index is 0.175. The van der Waals surface area contributed by atoms with Gasteiger partial charge in [0.05, 0.1) is 6.04 Å². The van der Waals surface area contributed by atoms with E-state index in [9.17, 15) is 29.1 Å². The molecule has 10 N–H and O–H groups in total. The van der Waals surface area contributed by atoms with Gasteiger partial charge in [0, 0.05) is 6.42 Å². The highest BCUT2D eigenvalue weighted by Gasteiger charge is 2.31. The highest BCUT2D eigenvalue weighted by Crippen LogP contribution is 2.10. The Kier molecular flexibility index (Phi) is 13.8. The summed E-state index contributed by atoms with van der Waals surface area (Å²) in [4.78, 5) is 59.8. The Hall–Kier alpha value is -2.73. The summed E-state index contributed by atoms with van der Waals surface area (Å²) >= 11 is 0. The monoisotopic (exact) mass is 458 g/mol. The van der Waals surface area contributed by atoms with E-state index in [0.717, 1.165) is 6.42 Å². The number of carbonyl (C=O) groups excluding carboxylic acids is 4. The highest BCUT2D eigenvalue weighted by molar-refractivity contribution is 5.94. The fourth-order valence-corrected chi connectivity index (χ4v) is 2.81. The van der Waals surface area contributed by atoms with Gasteiger partial charge in [-0.3, -0.25) is 19.2 Å². The molecule has 0 rings (SSSR count). The quantitative estimate of drug-likeness (QED) is 0.132. The van der Waals surface area contributed by atoms with Crippen molar-refractivity contribution in [1.82, 2.24) is 16.0 Å². The average molecular weight is 459 g/mol. The lowest BCUT2D eigenvalue weighted by molar-refractivity contribution is -0.143. The van der Waals surface area contributed by atoms with Crippen LogP contribution in [-0.2, 0) is 24.0 Å². The second kappa shape index (κ2) is 15.1. The van der Waals surface area contributed by atoms with E-state index in [0.29, 0.717) is 25.8 Å². The molecule has 0 aliphatic heterocycles. The van der Waals surface area contributed by atoms with Crippen LogP contribution in [0.5, 0.6) is 0 Å². The summed E-state index contributed by atoms with van der Waals surface area (Å²) < 4.78 is 0. The number of nitrogens with one attached hydrogen (secondary N) is 3. The lowest BCUT2D eigenvalue weighted by Crippen LogP contribution is -2.58. The molecule has 0 fully saturated rings. The number of aliphatic carboxylic acids is 1. The molecular formula is C20H38N6O6. The Labute approximate surface area is 188 Å². The number of nitrogens with two attached hydrogens (primary N) is 3. The van der Waals surface area contributed by atoms with E-state index >= 15 is 0 Å². The molecule has 4 amide bonds. The van der Waals surface area contributed by atoms with Crippen LogP contribution in [0.15, 0.2) is 0 Å². The highest BCUT2D eigenvalue weighted by atomic mass is 16.4. The predicted molar refractivity (Wildman–Crippen MR) is 118 cm³/mol. The Morgan fingerprint density at radius 3 is 2.03 bits per heavy atom. The zero-order chi connectivity index (χ0) is 24.8. The molecule has 5 atom stereocenters. The van der Waals surface area contributed by atoms with Crippen LogP contribution in [0.3, 0.4) is 0 Å². The molecule has 5 unspecified atom stereocenters. The first-order valence-corrected chi connectivity index (χ1v) is 10.8. The minimum atomic E-state index is -1.33. The maximum absolute atomic E-state index is 12.7. The third-order valence-electron chi connectivity index (χ3n) is 5.15. The maximum Gasteiger partial charge on any atom is 0.326 e. The third kappa shape index (κ3) is 11.0. The van der Waals surface area contributed by atoms with Gasteiger partial charge in [0.25, 0.3) is 0 Å². The number of unbranched alkanes of at least 4 members (excludes halogenated alkanes) is 1. The Morgan fingerprint density at radius 2 is 1.53 bits per heavy atom. The molecule has 0 aromatic rings. The molecular weight excluding hydrogens is 420 g/mol. The number of carboxylic acid groups (broad SMARTS) is 1. The second-order valence-electron chi connectivity index (χ2n) is 7.90. The SMILES string of the molecule is CCC(C)C(NC(=O)C(C)NC(=O)C(N)CCCCN)C(=O)NC(CCC(N)=O)C(=O)O. The first kappa shape index (κ1) is 29.3. The Balaban J connectivity index is 5.08. The molecule has 0 saturated carbocycles. The molecule has 0 aromatic heterocycles. The van der Waals surface area contributed by atoms with Crippen LogP contribution in [0.4, 0.5) is 0 Å². The largest absolute Gasteiger partial charge is 0.480 e. The second-order valence-corrected chi connectivity index (χ2v) is 7.90. The van der Waals surface area contributed by atoms with Gasteiger partial charge >= 0.3 is 5.97 Å². The summed E-state index contributed by atoms with van der Waals surface area (Å²) in [6.45, 7) is 5.49. The summed E-state index contributed by atoms with van der Waals surface area (Å²) in [7, 11) is 0. The lowest BCUT2D eigenvalue weighted by Gasteiger charge is -2.27. The van der Waals surface area contributed by atoms with E-state index in [1.807, 2.05) is 6.92 Å². The molecule has 0 spiro atoms. The summed E-state index contributed by atoms with van der Waals surface area (Å²) in [5, 5.41) is 16.7. The van der Waals surface area contributed by atoms with E-state index in [4.69, 9.17) is 17.2 Å². The molecule has 12 nitrogen and oxygen atoms in total. The van der Waals surface area contributed by atoms with Crippen LogP contribution in [0.25, 0.3) is 0 Å². The summed E-state index contributed by atoms with van der Waals surface area (Å²) in [5.74, 6) is -4.16. The van der Waals surface area contributed by atoms with Crippen LogP contribution >= 0.6 is 0 Å². The van der Waals surface area contributed by atoms with Crippen molar-refractivity contribution in [3.05, 3.63) is 0 Å². The molecule has 0 aliphatic rings. The molecule has 0 radical (unpaired) electrons. The first-order chi connectivity index (χ1) is 14.9. The lowest BCUT2D eigenvalue weighted by atomic mass is 9.97. The van der Waals surface area contributed by atoms with Gasteiger partial charge < -0.3 is 38.3 Å². The van der Waals surface area contributed by atoms with Gasteiger partial charge in [0.1, 0.15) is 18.1 Å². The summed E-state index contributed by atoms with van der Waals surface area (Å²) in [5.41, 5.74) is 16.3. The van der Waals surface area contributed by atoms with E-state index in [-0.39, 0.29) is 18.8 Å². The molecule has 0 heterocycles. The van der Waals surface area contributed by atoms with Gasteiger partial charge in [-0.2, -0.15) is 0 Å². The third-order valence-corrected chi connectivity index (χ3v) is 5.15. The van der Waals surface area contributed by atoms with Crippen LogP contribution < -0.4 is 33.2 Å². The van der Waals surface area contributed by atoms with Crippen LogP contribution in [0.1, 0.15) is 59.3 Å². The normalized spacial score (nSPS) is 15.5. The fourth-order valence-electron chi connectivity index (χ4n) is 2.81. The number of hydrogen-bond acceptors (Lipinski definition) is 7. The van der Waals surface area contributed by atoms with Crippen molar-refractivity contribution < 1.29 is 29.1 Å². The minimum Gasteiger partial charge on any atom is -0.480 e. The summed E-state index contributed by atoms with van der Waals surface area (Å²) in [6.07, 6.45) is 1.97. The van der Waals surface area contributed by atoms with E-state index < -0.39 is 53.8 Å². The Morgan fingerprint density at radius 1 is 0.906 bits per heavy atom. The zero-order valence-electron chi connectivity index (χ0n) is 19.1. The molecule has 184 valence electrons. The smallest absolute Gasteiger partial charge is 0.326 e. The summed E-state index contributed by atoms with van der Waals surface area (Å²) in [6, 6.07) is -4.12. The van der Waals surface area contributed by atoms with Gasteiger partial charge in [-0.05, 0) is 38.6 Å². The van der Waals surface area contributed by atoms with Gasteiger partial charge in [-0.15, -0.1) is 0 Å². The zero-order valence-corrected chi connectivity index (χ0v) is 19.1.